The van der Waals surface area contributed by atoms with Gasteiger partial charge in [-0.3, -0.25) is 14.4 Å². The van der Waals surface area contributed by atoms with E-state index in [0.717, 1.165) is 11.4 Å². The van der Waals surface area contributed by atoms with Gasteiger partial charge in [0.1, 0.15) is 5.76 Å². The number of carbonyl (C=O) groups is 3. The van der Waals surface area contributed by atoms with Gasteiger partial charge in [-0.1, -0.05) is 18.2 Å². The van der Waals surface area contributed by atoms with Crippen LogP contribution < -0.4 is 5.32 Å². The smallest absolute Gasteiger partial charge is 0.227 e. The quantitative estimate of drug-likeness (QED) is 0.843. The lowest BCUT2D eigenvalue weighted by Crippen LogP contribution is -2.44. The summed E-state index contributed by atoms with van der Waals surface area (Å²) in [7, 11) is 0. The van der Waals surface area contributed by atoms with Crippen molar-refractivity contribution in [1.29, 1.82) is 0 Å². The molecule has 2 aliphatic heterocycles. The second kappa shape index (κ2) is 8.51. The third-order valence-corrected chi connectivity index (χ3v) is 5.71. The largest absolute Gasteiger partial charge is 0.467 e. The second-order valence-corrected chi connectivity index (χ2v) is 7.71. The van der Waals surface area contributed by atoms with Crippen molar-refractivity contribution >= 4 is 23.4 Å². The van der Waals surface area contributed by atoms with Gasteiger partial charge < -0.3 is 19.5 Å². The molecule has 0 saturated carbocycles. The third kappa shape index (κ3) is 4.50. The summed E-state index contributed by atoms with van der Waals surface area (Å²) < 4.78 is 5.31. The third-order valence-electron chi connectivity index (χ3n) is 5.71. The van der Waals surface area contributed by atoms with Gasteiger partial charge in [0.15, 0.2) is 0 Å². The molecule has 7 nitrogen and oxygen atoms in total. The summed E-state index contributed by atoms with van der Waals surface area (Å²) in [4.78, 5) is 41.1. The molecule has 4 rings (SSSR count). The summed E-state index contributed by atoms with van der Waals surface area (Å²) in [6, 6.07) is 13.0. The highest BCUT2D eigenvalue weighted by Gasteiger charge is 2.38. The Hall–Kier alpha value is -3.09. The number of nitrogens with one attached hydrogen (secondary N) is 1. The number of nitrogens with zero attached hydrogens (tertiary/aromatic N) is 2. The molecule has 2 saturated heterocycles. The van der Waals surface area contributed by atoms with Crippen molar-refractivity contribution in [2.45, 2.75) is 25.8 Å². The fourth-order valence-corrected chi connectivity index (χ4v) is 4.07. The minimum atomic E-state index is -0.313. The van der Waals surface area contributed by atoms with Gasteiger partial charge in [-0.2, -0.15) is 0 Å². The van der Waals surface area contributed by atoms with Gasteiger partial charge in [-0.25, -0.2) is 0 Å². The van der Waals surface area contributed by atoms with Crippen LogP contribution >= 0.6 is 0 Å². The van der Waals surface area contributed by atoms with Gasteiger partial charge in [0, 0.05) is 37.7 Å². The van der Waals surface area contributed by atoms with Gasteiger partial charge in [0.05, 0.1) is 18.7 Å². The first kappa shape index (κ1) is 19.2. The molecule has 0 aliphatic carbocycles. The average Bonchev–Trinajstić information content (AvgIpc) is 3.39. The molecule has 152 valence electrons. The van der Waals surface area contributed by atoms with E-state index < -0.39 is 0 Å². The van der Waals surface area contributed by atoms with Crippen LogP contribution in [-0.4, -0.2) is 47.2 Å². The molecule has 0 spiro atoms. The summed E-state index contributed by atoms with van der Waals surface area (Å²) in [5.41, 5.74) is 0.789. The maximum absolute atomic E-state index is 12.9. The molecule has 2 aromatic rings. The summed E-state index contributed by atoms with van der Waals surface area (Å²) in [5.74, 6) is 0.312. The number of hydrogen-bond acceptors (Lipinski definition) is 4. The van der Waals surface area contributed by atoms with Gasteiger partial charge in [0.25, 0.3) is 0 Å². The minimum Gasteiger partial charge on any atom is -0.467 e. The topological polar surface area (TPSA) is 82.9 Å². The Bertz CT molecular complexity index is 857. The number of furan rings is 1. The van der Waals surface area contributed by atoms with E-state index in [1.165, 1.54) is 0 Å². The van der Waals surface area contributed by atoms with E-state index in [-0.39, 0.29) is 36.0 Å². The van der Waals surface area contributed by atoms with E-state index in [1.807, 2.05) is 36.4 Å². The molecule has 1 aromatic carbocycles. The van der Waals surface area contributed by atoms with Gasteiger partial charge in [-0.05, 0) is 37.1 Å². The number of amides is 3. The van der Waals surface area contributed by atoms with Crippen LogP contribution in [0.15, 0.2) is 53.1 Å². The fraction of sp³-hybridized carbons (Fsp3) is 0.409. The number of para-hydroxylation sites is 1. The Morgan fingerprint density at radius 2 is 1.79 bits per heavy atom. The highest BCUT2D eigenvalue weighted by Crippen LogP contribution is 2.26. The van der Waals surface area contributed by atoms with Crippen molar-refractivity contribution in [3.63, 3.8) is 0 Å². The maximum atomic E-state index is 12.9. The van der Waals surface area contributed by atoms with Crippen molar-refractivity contribution in [2.24, 2.45) is 11.8 Å². The standard InChI is InChI=1S/C22H25N3O4/c26-20-13-17(14-25(20)15-19-7-4-12-29-19)22(28)24-10-8-16(9-11-24)21(27)23-18-5-2-1-3-6-18/h1-7,12,16-17H,8-11,13-15H2,(H,23,27). The molecule has 0 radical (unpaired) electrons. The molecule has 2 fully saturated rings. The molecule has 1 N–H and O–H groups in total. The number of benzene rings is 1. The molecular weight excluding hydrogens is 370 g/mol. The first-order valence-corrected chi connectivity index (χ1v) is 10.0. The zero-order chi connectivity index (χ0) is 20.2. The zero-order valence-electron chi connectivity index (χ0n) is 16.3. The number of likely N-dealkylation sites (tertiary alicyclic amines) is 2. The molecule has 7 heteroatoms. The van der Waals surface area contributed by atoms with E-state index in [9.17, 15) is 14.4 Å². The van der Waals surface area contributed by atoms with Gasteiger partial charge >= 0.3 is 0 Å². The first-order chi connectivity index (χ1) is 14.1. The molecular formula is C22H25N3O4. The van der Waals surface area contributed by atoms with Crippen molar-refractivity contribution in [2.75, 3.05) is 25.0 Å². The van der Waals surface area contributed by atoms with Crippen LogP contribution in [0.4, 0.5) is 5.69 Å². The number of anilines is 1. The molecule has 1 unspecified atom stereocenters. The number of hydrogen-bond donors (Lipinski definition) is 1. The molecule has 1 aromatic heterocycles. The summed E-state index contributed by atoms with van der Waals surface area (Å²) in [5, 5.41) is 2.94. The number of piperidine rings is 1. The summed E-state index contributed by atoms with van der Waals surface area (Å²) >= 11 is 0. The lowest BCUT2D eigenvalue weighted by Gasteiger charge is -2.32. The molecule has 2 aliphatic rings. The Morgan fingerprint density at radius 1 is 1.03 bits per heavy atom. The predicted molar refractivity (Wildman–Crippen MR) is 107 cm³/mol. The van der Waals surface area contributed by atoms with E-state index in [2.05, 4.69) is 5.32 Å². The summed E-state index contributed by atoms with van der Waals surface area (Å²) in [6.07, 6.45) is 3.10. The number of carbonyl (C=O) groups excluding carboxylic acids is 3. The van der Waals surface area contributed by atoms with Crippen LogP contribution in [0, 0.1) is 11.8 Å². The Kier molecular flexibility index (Phi) is 5.64. The molecule has 3 heterocycles. The predicted octanol–water partition coefficient (Wildman–Crippen LogP) is 2.51. The zero-order valence-corrected chi connectivity index (χ0v) is 16.3. The van der Waals surface area contributed by atoms with Crippen LogP contribution in [0.2, 0.25) is 0 Å². The SMILES string of the molecule is O=C(Nc1ccccc1)C1CCN(C(=O)C2CC(=O)N(Cc3ccco3)C2)CC1. The van der Waals surface area contributed by atoms with Crippen LogP contribution in [0.25, 0.3) is 0 Å². The fourth-order valence-electron chi connectivity index (χ4n) is 4.07. The van der Waals surface area contributed by atoms with Crippen molar-refractivity contribution in [3.8, 4) is 0 Å². The molecule has 1 atom stereocenters. The average molecular weight is 395 g/mol. The van der Waals surface area contributed by atoms with Crippen LogP contribution in [0.5, 0.6) is 0 Å². The second-order valence-electron chi connectivity index (χ2n) is 7.71. The summed E-state index contributed by atoms with van der Waals surface area (Å²) in [6.45, 7) is 1.92. The van der Waals surface area contributed by atoms with Crippen LogP contribution in [0.1, 0.15) is 25.0 Å². The highest BCUT2D eigenvalue weighted by atomic mass is 16.3. The Labute approximate surface area is 169 Å². The lowest BCUT2D eigenvalue weighted by atomic mass is 9.94. The van der Waals surface area contributed by atoms with E-state index in [0.29, 0.717) is 39.0 Å². The minimum absolute atomic E-state index is 0.00367. The van der Waals surface area contributed by atoms with Crippen LogP contribution in [-0.2, 0) is 20.9 Å². The number of rotatable bonds is 5. The van der Waals surface area contributed by atoms with Crippen molar-refractivity contribution in [3.05, 3.63) is 54.5 Å². The van der Waals surface area contributed by atoms with Crippen molar-refractivity contribution in [1.82, 2.24) is 9.80 Å². The lowest BCUT2D eigenvalue weighted by molar-refractivity contribution is -0.138. The molecule has 29 heavy (non-hydrogen) atoms. The van der Waals surface area contributed by atoms with Gasteiger partial charge in [0.2, 0.25) is 17.7 Å². The first-order valence-electron chi connectivity index (χ1n) is 10.0. The maximum Gasteiger partial charge on any atom is 0.227 e. The van der Waals surface area contributed by atoms with E-state index in [1.54, 1.807) is 22.1 Å². The van der Waals surface area contributed by atoms with E-state index in [4.69, 9.17) is 4.42 Å². The van der Waals surface area contributed by atoms with Crippen LogP contribution in [0.3, 0.4) is 0 Å². The Balaban J connectivity index is 1.27. The molecule has 3 amide bonds. The van der Waals surface area contributed by atoms with E-state index >= 15 is 0 Å². The highest BCUT2D eigenvalue weighted by molar-refractivity contribution is 5.93. The van der Waals surface area contributed by atoms with Crippen molar-refractivity contribution < 1.29 is 18.8 Å². The normalized spacial score (nSPS) is 20.1. The molecule has 0 bridgehead atoms. The Morgan fingerprint density at radius 3 is 2.48 bits per heavy atom. The monoisotopic (exact) mass is 395 g/mol. The van der Waals surface area contributed by atoms with Gasteiger partial charge in [-0.15, -0.1) is 0 Å².